The van der Waals surface area contributed by atoms with Gasteiger partial charge >= 0.3 is 0 Å². The molecule has 3 aromatic rings. The first-order chi connectivity index (χ1) is 12.2. The number of nitrogens with zero attached hydrogens (tertiary/aromatic N) is 4. The Balaban J connectivity index is 1.52. The summed E-state index contributed by atoms with van der Waals surface area (Å²) >= 11 is 0. The van der Waals surface area contributed by atoms with Gasteiger partial charge in [-0.1, -0.05) is 36.4 Å². The minimum atomic E-state index is 0.217. The van der Waals surface area contributed by atoms with Gasteiger partial charge < -0.3 is 16.4 Å². The van der Waals surface area contributed by atoms with Gasteiger partial charge in [-0.05, 0) is 17.7 Å². The molecule has 0 bridgehead atoms. The SMILES string of the molecule is Nc1nc(N)c2c(N3CCN(Cc4ccccc4)CC3)cccc2n1. The van der Waals surface area contributed by atoms with Crippen molar-refractivity contribution in [2.75, 3.05) is 42.5 Å². The molecular weight excluding hydrogens is 312 g/mol. The molecular formula is C19H22N6. The van der Waals surface area contributed by atoms with Gasteiger partial charge in [0.2, 0.25) is 5.95 Å². The number of hydrogen-bond donors (Lipinski definition) is 2. The molecule has 0 atom stereocenters. The minimum absolute atomic E-state index is 0.217. The first-order valence-corrected chi connectivity index (χ1v) is 8.53. The molecule has 128 valence electrons. The topological polar surface area (TPSA) is 84.3 Å². The van der Waals surface area contributed by atoms with Crippen molar-refractivity contribution in [2.24, 2.45) is 0 Å². The fourth-order valence-electron chi connectivity index (χ4n) is 3.46. The largest absolute Gasteiger partial charge is 0.383 e. The molecule has 1 aromatic heterocycles. The van der Waals surface area contributed by atoms with Gasteiger partial charge in [0.1, 0.15) is 5.82 Å². The maximum Gasteiger partial charge on any atom is 0.222 e. The molecule has 0 saturated carbocycles. The highest BCUT2D eigenvalue weighted by Gasteiger charge is 2.20. The normalized spacial score (nSPS) is 15.6. The zero-order chi connectivity index (χ0) is 17.2. The molecule has 4 N–H and O–H groups in total. The Morgan fingerprint density at radius 1 is 0.840 bits per heavy atom. The van der Waals surface area contributed by atoms with E-state index in [1.165, 1.54) is 5.56 Å². The third-order valence-electron chi connectivity index (χ3n) is 4.71. The first kappa shape index (κ1) is 15.7. The number of aromatic nitrogens is 2. The third-order valence-corrected chi connectivity index (χ3v) is 4.71. The highest BCUT2D eigenvalue weighted by Crippen LogP contribution is 2.30. The fourth-order valence-corrected chi connectivity index (χ4v) is 3.46. The fraction of sp³-hybridized carbons (Fsp3) is 0.263. The van der Waals surface area contributed by atoms with Crippen LogP contribution in [0.5, 0.6) is 0 Å². The van der Waals surface area contributed by atoms with Crippen molar-refractivity contribution >= 4 is 28.4 Å². The molecule has 1 fully saturated rings. The van der Waals surface area contributed by atoms with Crippen LogP contribution in [0.3, 0.4) is 0 Å². The number of nitrogens with two attached hydrogens (primary N) is 2. The standard InChI is InChI=1S/C19H22N6/c20-18-17-15(22-19(21)23-18)7-4-8-16(17)25-11-9-24(10-12-25)13-14-5-2-1-3-6-14/h1-8H,9-13H2,(H4,20,21,22,23). The number of benzene rings is 2. The van der Waals surface area contributed by atoms with Crippen LogP contribution >= 0.6 is 0 Å². The second-order valence-corrected chi connectivity index (χ2v) is 6.39. The highest BCUT2D eigenvalue weighted by molar-refractivity contribution is 5.99. The number of rotatable bonds is 3. The smallest absolute Gasteiger partial charge is 0.222 e. The van der Waals surface area contributed by atoms with Gasteiger partial charge in [-0.3, -0.25) is 4.90 Å². The van der Waals surface area contributed by atoms with Gasteiger partial charge in [0.05, 0.1) is 10.9 Å². The summed E-state index contributed by atoms with van der Waals surface area (Å²) in [7, 11) is 0. The van der Waals surface area contributed by atoms with E-state index in [0.717, 1.165) is 49.3 Å². The molecule has 1 aliphatic heterocycles. The zero-order valence-corrected chi connectivity index (χ0v) is 14.1. The number of anilines is 3. The molecule has 6 heteroatoms. The molecule has 25 heavy (non-hydrogen) atoms. The lowest BCUT2D eigenvalue weighted by Gasteiger charge is -2.36. The van der Waals surface area contributed by atoms with Crippen LogP contribution in [0.25, 0.3) is 10.9 Å². The average molecular weight is 334 g/mol. The van der Waals surface area contributed by atoms with Crippen molar-refractivity contribution in [3.8, 4) is 0 Å². The Morgan fingerprint density at radius 3 is 2.36 bits per heavy atom. The second-order valence-electron chi connectivity index (χ2n) is 6.39. The number of nitrogen functional groups attached to an aromatic ring is 2. The molecule has 0 unspecified atom stereocenters. The Labute approximate surface area is 147 Å². The van der Waals surface area contributed by atoms with Crippen molar-refractivity contribution < 1.29 is 0 Å². The van der Waals surface area contributed by atoms with E-state index in [-0.39, 0.29) is 5.95 Å². The predicted molar refractivity (Wildman–Crippen MR) is 102 cm³/mol. The lowest BCUT2D eigenvalue weighted by Crippen LogP contribution is -2.46. The summed E-state index contributed by atoms with van der Waals surface area (Å²) in [5, 5.41) is 0.896. The van der Waals surface area contributed by atoms with Gasteiger partial charge in [-0.25, -0.2) is 4.98 Å². The van der Waals surface area contributed by atoms with E-state index in [4.69, 9.17) is 11.5 Å². The molecule has 2 heterocycles. The van der Waals surface area contributed by atoms with E-state index in [1.807, 2.05) is 12.1 Å². The van der Waals surface area contributed by atoms with Crippen molar-refractivity contribution in [2.45, 2.75) is 6.54 Å². The van der Waals surface area contributed by atoms with Crippen LogP contribution < -0.4 is 16.4 Å². The van der Waals surface area contributed by atoms with Crippen LogP contribution in [0, 0.1) is 0 Å². The van der Waals surface area contributed by atoms with Crippen molar-refractivity contribution in [1.82, 2.24) is 14.9 Å². The van der Waals surface area contributed by atoms with Crippen molar-refractivity contribution in [3.63, 3.8) is 0 Å². The summed E-state index contributed by atoms with van der Waals surface area (Å²) in [6.07, 6.45) is 0. The van der Waals surface area contributed by atoms with Crippen molar-refractivity contribution in [1.29, 1.82) is 0 Å². The van der Waals surface area contributed by atoms with Gasteiger partial charge in [-0.2, -0.15) is 4.98 Å². The second kappa shape index (κ2) is 6.57. The summed E-state index contributed by atoms with van der Waals surface area (Å²) in [6, 6.07) is 16.6. The Bertz CT molecular complexity index is 872. The number of hydrogen-bond acceptors (Lipinski definition) is 6. The summed E-state index contributed by atoms with van der Waals surface area (Å²) < 4.78 is 0. The van der Waals surface area contributed by atoms with Crippen LogP contribution in [0.15, 0.2) is 48.5 Å². The Morgan fingerprint density at radius 2 is 1.60 bits per heavy atom. The van der Waals surface area contributed by atoms with Crippen LogP contribution in [0.1, 0.15) is 5.56 Å². The monoisotopic (exact) mass is 334 g/mol. The maximum atomic E-state index is 6.13. The molecule has 1 aliphatic rings. The summed E-state index contributed by atoms with van der Waals surface area (Å²) in [6.45, 7) is 4.93. The quantitative estimate of drug-likeness (QED) is 0.763. The third kappa shape index (κ3) is 3.21. The van der Waals surface area contributed by atoms with Gasteiger partial charge in [0, 0.05) is 38.4 Å². The molecule has 0 spiro atoms. The predicted octanol–water partition coefficient (Wildman–Crippen LogP) is 2.12. The van der Waals surface area contributed by atoms with E-state index >= 15 is 0 Å². The number of fused-ring (bicyclic) bond motifs is 1. The number of piperazine rings is 1. The zero-order valence-electron chi connectivity index (χ0n) is 14.1. The highest BCUT2D eigenvalue weighted by atomic mass is 15.3. The summed E-state index contributed by atoms with van der Waals surface area (Å²) in [5.41, 5.74) is 15.1. The van der Waals surface area contributed by atoms with E-state index in [2.05, 4.69) is 56.2 Å². The molecule has 0 amide bonds. The molecule has 2 aromatic carbocycles. The maximum absolute atomic E-state index is 6.13. The van der Waals surface area contributed by atoms with Crippen LogP contribution in [-0.4, -0.2) is 41.0 Å². The molecule has 0 radical (unpaired) electrons. The van der Waals surface area contributed by atoms with E-state index < -0.39 is 0 Å². The van der Waals surface area contributed by atoms with E-state index in [0.29, 0.717) is 5.82 Å². The Kier molecular flexibility index (Phi) is 4.11. The van der Waals surface area contributed by atoms with E-state index in [1.54, 1.807) is 0 Å². The summed E-state index contributed by atoms with van der Waals surface area (Å²) in [5.74, 6) is 0.666. The molecule has 1 saturated heterocycles. The van der Waals surface area contributed by atoms with Crippen LogP contribution in [0.2, 0.25) is 0 Å². The van der Waals surface area contributed by atoms with Crippen LogP contribution in [0.4, 0.5) is 17.5 Å². The average Bonchev–Trinajstić information content (AvgIpc) is 2.62. The van der Waals surface area contributed by atoms with Gasteiger partial charge in [-0.15, -0.1) is 0 Å². The lowest BCUT2D eigenvalue weighted by molar-refractivity contribution is 0.250. The first-order valence-electron chi connectivity index (χ1n) is 8.53. The van der Waals surface area contributed by atoms with Crippen molar-refractivity contribution in [3.05, 3.63) is 54.1 Å². The van der Waals surface area contributed by atoms with Gasteiger partial charge in [0.25, 0.3) is 0 Å². The lowest BCUT2D eigenvalue weighted by atomic mass is 10.1. The molecule has 4 rings (SSSR count). The minimum Gasteiger partial charge on any atom is -0.383 e. The molecule has 6 nitrogen and oxygen atoms in total. The van der Waals surface area contributed by atoms with E-state index in [9.17, 15) is 0 Å². The Hall–Kier alpha value is -2.86. The molecule has 0 aliphatic carbocycles. The van der Waals surface area contributed by atoms with Gasteiger partial charge in [0.15, 0.2) is 0 Å². The van der Waals surface area contributed by atoms with Crippen LogP contribution in [-0.2, 0) is 6.54 Å². The summed E-state index contributed by atoms with van der Waals surface area (Å²) in [4.78, 5) is 13.3.